The molecule has 0 aliphatic heterocycles. The van der Waals surface area contributed by atoms with Crippen LogP contribution in [0.4, 0.5) is 0 Å². The zero-order chi connectivity index (χ0) is 12.3. The highest BCUT2D eigenvalue weighted by atomic mass is 31.2. The summed E-state index contributed by atoms with van der Waals surface area (Å²) in [5.74, 6) is 0. The first-order valence-corrected chi connectivity index (χ1v) is 6.59. The Hall–Kier alpha value is 0.310. The van der Waals surface area contributed by atoms with E-state index in [9.17, 15) is 0 Å². The van der Waals surface area contributed by atoms with Gasteiger partial charge < -0.3 is 14.3 Å². The summed E-state index contributed by atoms with van der Waals surface area (Å²) in [6.45, 7) is 12.7. The van der Waals surface area contributed by atoms with Gasteiger partial charge >= 0.3 is 8.60 Å². The molecule has 4 heteroatoms. The fraction of sp³-hybridized carbons (Fsp3) is 1.00. The molecular weight excluding hydrogens is 211 g/mol. The molecule has 92 valence electrons. The Labute approximate surface area is 94.9 Å². The predicted octanol–water partition coefficient (Wildman–Crippen LogP) is 3.46. The first-order valence-electron chi connectivity index (χ1n) is 5.43. The average molecular weight is 236 g/mol. The first kappa shape index (κ1) is 15.3. The van der Waals surface area contributed by atoms with Gasteiger partial charge in [0.25, 0.3) is 0 Å². The third kappa shape index (κ3) is 6.47. The molecule has 0 spiro atoms. The van der Waals surface area contributed by atoms with E-state index in [0.717, 1.165) is 12.8 Å². The van der Waals surface area contributed by atoms with Gasteiger partial charge in [0.2, 0.25) is 0 Å². The van der Waals surface area contributed by atoms with Crippen LogP contribution in [0.2, 0.25) is 0 Å². The van der Waals surface area contributed by atoms with E-state index in [4.69, 9.17) is 14.3 Å². The van der Waals surface area contributed by atoms with Crippen molar-refractivity contribution in [3.8, 4) is 0 Å². The highest BCUT2D eigenvalue weighted by molar-refractivity contribution is 7.39. The summed E-state index contributed by atoms with van der Waals surface area (Å²) in [4.78, 5) is 18.0. The van der Waals surface area contributed by atoms with Gasteiger partial charge in [0.05, 0.1) is 6.10 Å². The van der Waals surface area contributed by atoms with Crippen LogP contribution in [0.3, 0.4) is 0 Å². The van der Waals surface area contributed by atoms with Crippen molar-refractivity contribution in [1.82, 2.24) is 0 Å². The van der Waals surface area contributed by atoms with Crippen LogP contribution in [0.1, 0.15) is 54.4 Å². The van der Waals surface area contributed by atoms with Gasteiger partial charge in [0.15, 0.2) is 0 Å². The summed E-state index contributed by atoms with van der Waals surface area (Å²) >= 11 is 0. The molecule has 0 heterocycles. The fourth-order valence-electron chi connectivity index (χ4n) is 1.35. The standard InChI is InChI=1S/C11H25O3P/c1-7-11(5,6)9(14-15(12)13)8-10(2,3)4/h9,12-13H,7-8H2,1-6H3. The molecule has 0 bridgehead atoms. The molecule has 1 atom stereocenters. The third-order valence-electron chi connectivity index (χ3n) is 2.80. The van der Waals surface area contributed by atoms with Crippen LogP contribution in [-0.4, -0.2) is 15.9 Å². The summed E-state index contributed by atoms with van der Waals surface area (Å²) in [5.41, 5.74) is 0.0990. The molecule has 0 aromatic rings. The maximum Gasteiger partial charge on any atom is 0.327 e. The molecule has 0 rings (SSSR count). The van der Waals surface area contributed by atoms with Gasteiger partial charge in [-0.15, -0.1) is 0 Å². The zero-order valence-electron chi connectivity index (χ0n) is 10.7. The van der Waals surface area contributed by atoms with Crippen LogP contribution in [0, 0.1) is 10.8 Å². The van der Waals surface area contributed by atoms with Crippen molar-refractivity contribution < 1.29 is 14.3 Å². The Morgan fingerprint density at radius 3 is 1.87 bits per heavy atom. The molecule has 0 aromatic heterocycles. The fourth-order valence-corrected chi connectivity index (χ4v) is 1.94. The van der Waals surface area contributed by atoms with E-state index < -0.39 is 8.60 Å². The van der Waals surface area contributed by atoms with E-state index in [-0.39, 0.29) is 16.9 Å². The van der Waals surface area contributed by atoms with E-state index in [0.29, 0.717) is 0 Å². The second-order valence-electron chi connectivity index (χ2n) is 5.95. The summed E-state index contributed by atoms with van der Waals surface area (Å²) in [7, 11) is -2.26. The summed E-state index contributed by atoms with van der Waals surface area (Å²) in [6.07, 6.45) is 1.67. The molecule has 3 nitrogen and oxygen atoms in total. The Morgan fingerprint density at radius 2 is 1.60 bits per heavy atom. The van der Waals surface area contributed by atoms with E-state index in [1.807, 2.05) is 0 Å². The highest BCUT2D eigenvalue weighted by Crippen LogP contribution is 2.41. The van der Waals surface area contributed by atoms with Crippen LogP contribution in [0.15, 0.2) is 0 Å². The van der Waals surface area contributed by atoms with Crippen LogP contribution in [0.25, 0.3) is 0 Å². The lowest BCUT2D eigenvalue weighted by atomic mass is 9.76. The first-order chi connectivity index (χ1) is 6.58. The summed E-state index contributed by atoms with van der Waals surface area (Å²) < 4.78 is 5.26. The zero-order valence-corrected chi connectivity index (χ0v) is 11.6. The van der Waals surface area contributed by atoms with E-state index in [1.54, 1.807) is 0 Å². The monoisotopic (exact) mass is 236 g/mol. The van der Waals surface area contributed by atoms with Gasteiger partial charge in [-0.25, -0.2) is 0 Å². The largest absolute Gasteiger partial charge is 0.328 e. The Kier molecular flexibility index (Phi) is 5.70. The molecular formula is C11H25O3P. The maximum absolute atomic E-state index is 8.98. The van der Waals surface area contributed by atoms with Gasteiger partial charge in [-0.1, -0.05) is 41.5 Å². The van der Waals surface area contributed by atoms with Crippen LogP contribution < -0.4 is 0 Å². The second-order valence-corrected chi connectivity index (χ2v) is 6.67. The van der Waals surface area contributed by atoms with Crippen LogP contribution >= 0.6 is 8.60 Å². The normalized spacial score (nSPS) is 15.8. The van der Waals surface area contributed by atoms with Crippen molar-refractivity contribution in [3.05, 3.63) is 0 Å². The topological polar surface area (TPSA) is 49.7 Å². The quantitative estimate of drug-likeness (QED) is 0.719. The maximum atomic E-state index is 8.98. The summed E-state index contributed by atoms with van der Waals surface area (Å²) in [5, 5.41) is 0. The molecule has 0 saturated heterocycles. The van der Waals surface area contributed by atoms with E-state index in [1.165, 1.54) is 0 Å². The Balaban J connectivity index is 4.59. The minimum Gasteiger partial charge on any atom is -0.328 e. The lowest BCUT2D eigenvalue weighted by Crippen LogP contribution is -2.34. The van der Waals surface area contributed by atoms with Gasteiger partial charge in [-0.05, 0) is 23.7 Å². The number of rotatable bonds is 5. The lowest BCUT2D eigenvalue weighted by Gasteiger charge is -2.37. The molecule has 0 aliphatic rings. The van der Waals surface area contributed by atoms with Gasteiger partial charge in [-0.2, -0.15) is 0 Å². The second kappa shape index (κ2) is 5.58. The highest BCUT2D eigenvalue weighted by Gasteiger charge is 2.33. The molecule has 0 aliphatic carbocycles. The molecule has 1 unspecified atom stereocenters. The van der Waals surface area contributed by atoms with Crippen molar-refractivity contribution in [1.29, 1.82) is 0 Å². The van der Waals surface area contributed by atoms with E-state index >= 15 is 0 Å². The van der Waals surface area contributed by atoms with Crippen LogP contribution in [0.5, 0.6) is 0 Å². The summed E-state index contributed by atoms with van der Waals surface area (Å²) in [6, 6.07) is 0. The smallest absolute Gasteiger partial charge is 0.327 e. The van der Waals surface area contributed by atoms with Crippen molar-refractivity contribution in [3.63, 3.8) is 0 Å². The van der Waals surface area contributed by atoms with E-state index in [2.05, 4.69) is 41.5 Å². The van der Waals surface area contributed by atoms with Crippen molar-refractivity contribution in [2.75, 3.05) is 0 Å². The lowest BCUT2D eigenvalue weighted by molar-refractivity contribution is 0.0268. The third-order valence-corrected chi connectivity index (χ3v) is 3.25. The molecule has 0 saturated carbocycles. The number of hydrogen-bond acceptors (Lipinski definition) is 3. The van der Waals surface area contributed by atoms with Crippen molar-refractivity contribution in [2.45, 2.75) is 60.5 Å². The molecule has 2 N–H and O–H groups in total. The van der Waals surface area contributed by atoms with Gasteiger partial charge in [0, 0.05) is 0 Å². The van der Waals surface area contributed by atoms with Gasteiger partial charge in [-0.3, -0.25) is 0 Å². The van der Waals surface area contributed by atoms with Crippen molar-refractivity contribution in [2.24, 2.45) is 10.8 Å². The molecule has 0 radical (unpaired) electrons. The number of hydrogen-bond donors (Lipinski definition) is 2. The Morgan fingerprint density at radius 1 is 1.13 bits per heavy atom. The predicted molar refractivity (Wildman–Crippen MR) is 64.4 cm³/mol. The van der Waals surface area contributed by atoms with Gasteiger partial charge in [0.1, 0.15) is 0 Å². The molecule has 0 fully saturated rings. The minimum atomic E-state index is -2.26. The molecule has 15 heavy (non-hydrogen) atoms. The Bertz CT molecular complexity index is 185. The SMILES string of the molecule is CCC(C)(C)C(CC(C)(C)C)OP(O)O. The molecule has 0 amide bonds. The van der Waals surface area contributed by atoms with Crippen molar-refractivity contribution >= 4 is 8.60 Å². The average Bonchev–Trinajstić information content (AvgIpc) is 1.99. The molecule has 0 aromatic carbocycles. The minimum absolute atomic E-state index is 0.0284. The van der Waals surface area contributed by atoms with Crippen LogP contribution in [-0.2, 0) is 4.52 Å².